The van der Waals surface area contributed by atoms with Gasteiger partial charge in [-0.2, -0.15) is 0 Å². The van der Waals surface area contributed by atoms with Gasteiger partial charge in [0.05, 0.1) is 0 Å². The van der Waals surface area contributed by atoms with E-state index in [-0.39, 0.29) is 5.41 Å². The van der Waals surface area contributed by atoms with E-state index in [4.69, 9.17) is 0 Å². The third kappa shape index (κ3) is 2.78. The van der Waals surface area contributed by atoms with Gasteiger partial charge in [0.25, 0.3) is 0 Å². The summed E-state index contributed by atoms with van der Waals surface area (Å²) in [6, 6.07) is 0. The van der Waals surface area contributed by atoms with Gasteiger partial charge >= 0.3 is 0 Å². The van der Waals surface area contributed by atoms with Gasteiger partial charge in [-0.15, -0.1) is 0 Å². The van der Waals surface area contributed by atoms with Crippen molar-refractivity contribution in [1.82, 2.24) is 9.97 Å². The molecule has 0 amide bonds. The summed E-state index contributed by atoms with van der Waals surface area (Å²) < 4.78 is 0. The zero-order valence-electron chi connectivity index (χ0n) is 12.6. The predicted octanol–water partition coefficient (Wildman–Crippen LogP) is 4.63. The van der Waals surface area contributed by atoms with E-state index in [1.165, 1.54) is 36.8 Å². The van der Waals surface area contributed by atoms with E-state index in [9.17, 15) is 0 Å². The maximum atomic E-state index is 4.32. The molecule has 0 saturated heterocycles. The fourth-order valence-corrected chi connectivity index (χ4v) is 3.19. The lowest BCUT2D eigenvalue weighted by Crippen LogP contribution is -2.15. The zero-order chi connectivity index (χ0) is 14.0. The molecule has 0 aliphatic heterocycles. The molecule has 0 N–H and O–H groups in total. The SMILES string of the molecule is C=C(C)/C(=C\c1c(C)ncnc1C)C1(C)CCCC1. The highest BCUT2D eigenvalue weighted by molar-refractivity contribution is 5.62. The van der Waals surface area contributed by atoms with Crippen LogP contribution in [0.25, 0.3) is 6.08 Å². The Labute approximate surface area is 116 Å². The molecule has 1 fully saturated rings. The van der Waals surface area contributed by atoms with Crippen molar-refractivity contribution in [3.63, 3.8) is 0 Å². The minimum Gasteiger partial charge on any atom is -0.241 e. The molecule has 1 aliphatic carbocycles. The maximum absolute atomic E-state index is 4.32. The Hall–Kier alpha value is -1.44. The Bertz CT molecular complexity index is 500. The second kappa shape index (κ2) is 5.28. The van der Waals surface area contributed by atoms with Crippen LogP contribution in [-0.2, 0) is 0 Å². The average molecular weight is 256 g/mol. The smallest absolute Gasteiger partial charge is 0.115 e. The Morgan fingerprint density at radius 3 is 2.21 bits per heavy atom. The van der Waals surface area contributed by atoms with Gasteiger partial charge < -0.3 is 0 Å². The molecule has 0 bridgehead atoms. The second-order valence-electron chi connectivity index (χ2n) is 6.06. The van der Waals surface area contributed by atoms with Crippen molar-refractivity contribution >= 4 is 6.08 Å². The second-order valence-corrected chi connectivity index (χ2v) is 6.06. The van der Waals surface area contributed by atoms with Gasteiger partial charge in [-0.25, -0.2) is 9.97 Å². The van der Waals surface area contributed by atoms with Gasteiger partial charge in [-0.1, -0.05) is 31.9 Å². The number of nitrogens with zero attached hydrogens (tertiary/aromatic N) is 2. The number of rotatable bonds is 3. The van der Waals surface area contributed by atoms with E-state index >= 15 is 0 Å². The third-order valence-electron chi connectivity index (χ3n) is 4.39. The Morgan fingerprint density at radius 1 is 1.21 bits per heavy atom. The molecule has 1 heterocycles. The van der Waals surface area contributed by atoms with E-state index in [1.807, 2.05) is 13.8 Å². The van der Waals surface area contributed by atoms with E-state index < -0.39 is 0 Å². The highest BCUT2D eigenvalue weighted by Crippen LogP contribution is 2.46. The number of hydrogen-bond acceptors (Lipinski definition) is 2. The molecule has 2 heteroatoms. The molecular weight excluding hydrogens is 232 g/mol. The lowest BCUT2D eigenvalue weighted by molar-refractivity contribution is 0.422. The van der Waals surface area contributed by atoms with Crippen molar-refractivity contribution in [1.29, 1.82) is 0 Å². The van der Waals surface area contributed by atoms with Gasteiger partial charge in [0, 0.05) is 17.0 Å². The summed E-state index contributed by atoms with van der Waals surface area (Å²) >= 11 is 0. The summed E-state index contributed by atoms with van der Waals surface area (Å²) in [4.78, 5) is 8.63. The molecule has 102 valence electrons. The molecule has 2 rings (SSSR count). The summed E-state index contributed by atoms with van der Waals surface area (Å²) in [5, 5.41) is 0. The Balaban J connectivity index is 2.50. The van der Waals surface area contributed by atoms with Crippen molar-refractivity contribution in [2.75, 3.05) is 0 Å². The van der Waals surface area contributed by atoms with Crippen LogP contribution in [0.15, 0.2) is 24.1 Å². The molecule has 19 heavy (non-hydrogen) atoms. The van der Waals surface area contributed by atoms with Crippen LogP contribution in [0.3, 0.4) is 0 Å². The first-order chi connectivity index (χ1) is 8.94. The van der Waals surface area contributed by atoms with Gasteiger partial charge in [0.1, 0.15) is 6.33 Å². The minimum absolute atomic E-state index is 0.278. The summed E-state index contributed by atoms with van der Waals surface area (Å²) in [5.74, 6) is 0. The van der Waals surface area contributed by atoms with Crippen LogP contribution in [-0.4, -0.2) is 9.97 Å². The average Bonchev–Trinajstić information content (AvgIpc) is 2.76. The highest BCUT2D eigenvalue weighted by Gasteiger charge is 2.32. The molecule has 0 atom stereocenters. The van der Waals surface area contributed by atoms with Crippen LogP contribution >= 0.6 is 0 Å². The molecule has 1 aliphatic rings. The molecule has 2 nitrogen and oxygen atoms in total. The Kier molecular flexibility index (Phi) is 3.88. The van der Waals surface area contributed by atoms with Crippen LogP contribution in [0.2, 0.25) is 0 Å². The first-order valence-corrected chi connectivity index (χ1v) is 7.10. The van der Waals surface area contributed by atoms with Gasteiger partial charge in [0.15, 0.2) is 0 Å². The molecule has 0 aromatic carbocycles. The van der Waals surface area contributed by atoms with Crippen molar-refractivity contribution in [3.8, 4) is 0 Å². The first kappa shape index (κ1) is 14.0. The number of allylic oxidation sites excluding steroid dienone is 2. The van der Waals surface area contributed by atoms with E-state index in [2.05, 4.69) is 36.5 Å². The molecule has 1 aromatic rings. The fraction of sp³-hybridized carbons (Fsp3) is 0.529. The van der Waals surface area contributed by atoms with Crippen LogP contribution in [0.4, 0.5) is 0 Å². The van der Waals surface area contributed by atoms with E-state index in [0.29, 0.717) is 0 Å². The topological polar surface area (TPSA) is 25.8 Å². The summed E-state index contributed by atoms with van der Waals surface area (Å²) in [5.41, 5.74) is 6.09. The standard InChI is InChI=1S/C17H24N2/c1-12(2)16(17(5)8-6-7-9-17)10-15-13(3)18-11-19-14(15)4/h10-11H,1,6-9H2,2-5H3/b16-10+. The van der Waals surface area contributed by atoms with Crippen LogP contribution in [0.5, 0.6) is 0 Å². The third-order valence-corrected chi connectivity index (χ3v) is 4.39. The highest BCUT2D eigenvalue weighted by atomic mass is 14.8. The summed E-state index contributed by atoms with van der Waals surface area (Å²) in [7, 11) is 0. The molecule has 0 radical (unpaired) electrons. The molecule has 1 aromatic heterocycles. The van der Waals surface area contributed by atoms with Crippen molar-refractivity contribution in [2.24, 2.45) is 5.41 Å². The lowest BCUT2D eigenvalue weighted by atomic mass is 9.76. The van der Waals surface area contributed by atoms with Gasteiger partial charge in [-0.3, -0.25) is 0 Å². The lowest BCUT2D eigenvalue weighted by Gasteiger charge is -2.28. The zero-order valence-corrected chi connectivity index (χ0v) is 12.6. The molecular formula is C17H24N2. The van der Waals surface area contributed by atoms with Crippen LogP contribution in [0, 0.1) is 19.3 Å². The van der Waals surface area contributed by atoms with Gasteiger partial charge in [-0.05, 0) is 50.7 Å². The quantitative estimate of drug-likeness (QED) is 0.737. The first-order valence-electron chi connectivity index (χ1n) is 7.10. The fourth-order valence-electron chi connectivity index (χ4n) is 3.19. The number of aromatic nitrogens is 2. The normalized spacial score (nSPS) is 18.6. The number of hydrogen-bond donors (Lipinski definition) is 0. The largest absolute Gasteiger partial charge is 0.241 e. The van der Waals surface area contributed by atoms with E-state index in [0.717, 1.165) is 17.0 Å². The summed E-state index contributed by atoms with van der Waals surface area (Å²) in [6.45, 7) is 12.8. The van der Waals surface area contributed by atoms with Crippen LogP contribution < -0.4 is 0 Å². The maximum Gasteiger partial charge on any atom is 0.115 e. The van der Waals surface area contributed by atoms with Crippen molar-refractivity contribution in [2.45, 2.75) is 53.4 Å². The van der Waals surface area contributed by atoms with E-state index in [1.54, 1.807) is 6.33 Å². The van der Waals surface area contributed by atoms with Crippen LogP contribution in [0.1, 0.15) is 56.5 Å². The predicted molar refractivity (Wildman–Crippen MR) is 80.9 cm³/mol. The van der Waals surface area contributed by atoms with Crippen molar-refractivity contribution in [3.05, 3.63) is 41.0 Å². The molecule has 0 unspecified atom stereocenters. The monoisotopic (exact) mass is 256 g/mol. The minimum atomic E-state index is 0.278. The van der Waals surface area contributed by atoms with Crippen molar-refractivity contribution < 1.29 is 0 Å². The molecule has 0 spiro atoms. The summed E-state index contributed by atoms with van der Waals surface area (Å²) in [6.07, 6.45) is 9.09. The Morgan fingerprint density at radius 2 is 1.74 bits per heavy atom. The molecule has 1 saturated carbocycles. The number of aryl methyl sites for hydroxylation is 2. The van der Waals surface area contributed by atoms with Gasteiger partial charge in [0.2, 0.25) is 0 Å².